The molecule has 1 aromatic heterocycles. The van der Waals surface area contributed by atoms with E-state index in [0.717, 1.165) is 22.8 Å². The molecule has 14 heteroatoms. The molecule has 4 N–H and O–H groups in total. The molecule has 3 aromatic rings. The molecule has 0 aliphatic carbocycles. The topological polar surface area (TPSA) is 170 Å². The van der Waals surface area contributed by atoms with Crippen molar-refractivity contribution in [2.45, 2.75) is 44.6 Å². The Morgan fingerprint density at radius 2 is 1.94 bits per heavy atom. The molecule has 0 bridgehead atoms. The lowest BCUT2D eigenvalue weighted by Gasteiger charge is -2.10. The van der Waals surface area contributed by atoms with Crippen molar-refractivity contribution < 1.29 is 37.6 Å². The fraction of sp³-hybridized carbons (Fsp3) is 0.318. The van der Waals surface area contributed by atoms with Crippen LogP contribution in [0.5, 0.6) is 0 Å². The molecule has 1 heterocycles. The van der Waals surface area contributed by atoms with E-state index in [-0.39, 0.29) is 48.9 Å². The van der Waals surface area contributed by atoms with Gasteiger partial charge in [0.1, 0.15) is 17.3 Å². The van der Waals surface area contributed by atoms with E-state index in [9.17, 15) is 17.6 Å². The highest BCUT2D eigenvalue weighted by Crippen LogP contribution is 2.22. The third-order valence-corrected chi connectivity index (χ3v) is 6.05. The lowest BCUT2D eigenvalue weighted by Crippen LogP contribution is -2.16. The second-order valence-corrected chi connectivity index (χ2v) is 9.53. The summed E-state index contributed by atoms with van der Waals surface area (Å²) >= 11 is 0. The van der Waals surface area contributed by atoms with E-state index in [1.807, 2.05) is 32.0 Å². The average molecular weight is 524 g/mol. The normalized spacial score (nSPS) is 11.8. The van der Waals surface area contributed by atoms with E-state index < -0.39 is 27.2 Å². The minimum Gasteiger partial charge on any atom is -0.457 e. The molecule has 0 atom stereocenters. The zero-order valence-corrected chi connectivity index (χ0v) is 20.4. The van der Waals surface area contributed by atoms with Crippen LogP contribution in [0.2, 0.25) is 0 Å². The number of sulfonamides is 1. The van der Waals surface area contributed by atoms with Crippen molar-refractivity contribution in [3.05, 3.63) is 70.6 Å². The van der Waals surface area contributed by atoms with Crippen LogP contribution in [0.4, 0.5) is 4.39 Å². The number of halogens is 1. The van der Waals surface area contributed by atoms with Gasteiger partial charge in [-0.05, 0) is 49.6 Å². The van der Waals surface area contributed by atoms with Crippen LogP contribution in [0.1, 0.15) is 41.2 Å². The second kappa shape index (κ2) is 11.6. The summed E-state index contributed by atoms with van der Waals surface area (Å²) in [5, 5.41) is 25.9. The molecular formula is C22H26FN5O7S. The van der Waals surface area contributed by atoms with Gasteiger partial charge in [-0.1, -0.05) is 23.8 Å². The largest absolute Gasteiger partial charge is 0.457 e. The van der Waals surface area contributed by atoms with Crippen LogP contribution in [-0.4, -0.2) is 51.6 Å². The number of aryl methyl sites for hydroxylation is 2. The molecule has 0 spiro atoms. The fourth-order valence-corrected chi connectivity index (χ4v) is 3.86. The van der Waals surface area contributed by atoms with Gasteiger partial charge < -0.3 is 4.74 Å². The Hall–Kier alpha value is -3.27. The third kappa shape index (κ3) is 7.36. The molecule has 36 heavy (non-hydrogen) atoms. The molecule has 0 amide bonds. The van der Waals surface area contributed by atoms with E-state index >= 15 is 0 Å². The summed E-state index contributed by atoms with van der Waals surface area (Å²) in [4.78, 5) is 20.4. The predicted octanol–water partition coefficient (Wildman–Crippen LogP) is 2.10. The first kappa shape index (κ1) is 27.3. The predicted molar refractivity (Wildman–Crippen MR) is 122 cm³/mol. The average Bonchev–Trinajstić information content (AvgIpc) is 3.19. The summed E-state index contributed by atoms with van der Waals surface area (Å²) in [5.41, 5.74) is 2.88. The van der Waals surface area contributed by atoms with Crippen LogP contribution in [0.25, 0.3) is 5.69 Å². The Labute approximate surface area is 206 Å². The molecule has 2 aromatic carbocycles. The van der Waals surface area contributed by atoms with E-state index in [0.29, 0.717) is 5.82 Å². The van der Waals surface area contributed by atoms with Gasteiger partial charge >= 0.3 is 5.97 Å². The molecule has 0 aliphatic heterocycles. The monoisotopic (exact) mass is 523 g/mol. The minimum absolute atomic E-state index is 0.0532. The van der Waals surface area contributed by atoms with Crippen molar-refractivity contribution >= 4 is 16.0 Å². The number of carbonyl (C=O) groups excluding carboxylic acids is 1. The Bertz CT molecular complexity index is 1340. The molecule has 0 unspecified atom stereocenters. The number of aromatic nitrogens is 3. The number of ether oxygens (including phenoxy) is 1. The summed E-state index contributed by atoms with van der Waals surface area (Å²) in [6.07, 6.45) is 0.381. The number of benzene rings is 2. The molecule has 194 valence electrons. The van der Waals surface area contributed by atoms with Gasteiger partial charge in [0.25, 0.3) is 0 Å². The van der Waals surface area contributed by atoms with Gasteiger partial charge in [0, 0.05) is 12.8 Å². The smallest absolute Gasteiger partial charge is 0.306 e. The molecule has 12 nitrogen and oxygen atoms in total. The van der Waals surface area contributed by atoms with Gasteiger partial charge in [0.05, 0.1) is 16.9 Å². The van der Waals surface area contributed by atoms with Crippen molar-refractivity contribution in [2.75, 3.05) is 6.61 Å². The maximum absolute atomic E-state index is 14.9. The van der Waals surface area contributed by atoms with Gasteiger partial charge in [-0.3, -0.25) is 20.0 Å². The van der Waals surface area contributed by atoms with Crippen molar-refractivity contribution in [1.82, 2.24) is 20.2 Å². The minimum atomic E-state index is -4.10. The summed E-state index contributed by atoms with van der Waals surface area (Å²) in [6.45, 7) is 3.45. The Kier molecular flexibility index (Phi) is 8.84. The first-order valence-electron chi connectivity index (χ1n) is 10.7. The van der Waals surface area contributed by atoms with Gasteiger partial charge in [0.15, 0.2) is 12.4 Å². The van der Waals surface area contributed by atoms with Crippen LogP contribution in [0.3, 0.4) is 0 Å². The van der Waals surface area contributed by atoms with Gasteiger partial charge in [-0.15, -0.1) is 5.10 Å². The SMILES string of the molecule is Cc1ccc(C)c(Cc2nc(COC(=O)CCCON(O)O)nn2-c2ccc(S(N)(=O)=O)cc2F)c1. The summed E-state index contributed by atoms with van der Waals surface area (Å²) < 4.78 is 44.5. The number of primary sulfonamides is 1. The van der Waals surface area contributed by atoms with E-state index in [4.69, 9.17) is 20.3 Å². The van der Waals surface area contributed by atoms with Crippen LogP contribution in [0.15, 0.2) is 41.3 Å². The third-order valence-electron chi connectivity index (χ3n) is 5.14. The fourth-order valence-electron chi connectivity index (χ4n) is 3.34. The summed E-state index contributed by atoms with van der Waals surface area (Å²) in [7, 11) is -4.10. The first-order chi connectivity index (χ1) is 16.9. The molecule has 0 aliphatic rings. The number of esters is 1. The number of hydrogen-bond donors (Lipinski definition) is 3. The molecular weight excluding hydrogens is 497 g/mol. The van der Waals surface area contributed by atoms with Crippen LogP contribution >= 0.6 is 0 Å². The van der Waals surface area contributed by atoms with Crippen LogP contribution in [0, 0.1) is 19.7 Å². The lowest BCUT2D eigenvalue weighted by atomic mass is 10.0. The molecule has 0 radical (unpaired) electrons. The summed E-state index contributed by atoms with van der Waals surface area (Å²) in [6, 6.07) is 9.08. The van der Waals surface area contributed by atoms with Crippen LogP contribution < -0.4 is 5.14 Å². The van der Waals surface area contributed by atoms with Crippen molar-refractivity contribution in [3.8, 4) is 5.69 Å². The van der Waals surface area contributed by atoms with Gasteiger partial charge in [0.2, 0.25) is 10.0 Å². The van der Waals surface area contributed by atoms with Crippen LogP contribution in [-0.2, 0) is 37.4 Å². The second-order valence-electron chi connectivity index (χ2n) is 7.97. The number of rotatable bonds is 11. The molecule has 0 saturated heterocycles. The number of carbonyl (C=O) groups is 1. The number of nitrogens with zero attached hydrogens (tertiary/aromatic N) is 4. The van der Waals surface area contributed by atoms with E-state index in [1.54, 1.807) is 0 Å². The lowest BCUT2D eigenvalue weighted by molar-refractivity contribution is -0.492. The quantitative estimate of drug-likeness (QED) is 0.192. The highest BCUT2D eigenvalue weighted by Gasteiger charge is 2.19. The van der Waals surface area contributed by atoms with E-state index in [2.05, 4.69) is 14.9 Å². The zero-order valence-electron chi connectivity index (χ0n) is 19.6. The number of hydrogen-bond acceptors (Lipinski definition) is 10. The first-order valence-corrected chi connectivity index (χ1v) is 12.3. The van der Waals surface area contributed by atoms with Crippen molar-refractivity contribution in [3.63, 3.8) is 0 Å². The van der Waals surface area contributed by atoms with Crippen molar-refractivity contribution in [1.29, 1.82) is 0 Å². The van der Waals surface area contributed by atoms with E-state index in [1.165, 1.54) is 16.8 Å². The molecule has 3 rings (SSSR count). The highest BCUT2D eigenvalue weighted by molar-refractivity contribution is 7.89. The highest BCUT2D eigenvalue weighted by atomic mass is 32.2. The maximum Gasteiger partial charge on any atom is 0.306 e. The summed E-state index contributed by atoms with van der Waals surface area (Å²) in [5.74, 6) is -1.03. The number of nitrogens with two attached hydrogens (primary N) is 1. The molecule has 0 saturated carbocycles. The van der Waals surface area contributed by atoms with Gasteiger partial charge in [-0.25, -0.2) is 27.6 Å². The Balaban J connectivity index is 1.87. The Morgan fingerprint density at radius 3 is 2.61 bits per heavy atom. The standard InChI is InChI=1S/C22H26FN5O7S/c1-14-5-6-15(2)16(10-14)11-21-25-20(13-34-22(29)4-3-9-35-28(30)31)26-27(21)19-8-7-17(12-18(19)23)36(24,32)33/h5-8,10,12,30-31H,3-4,9,11,13H2,1-2H3,(H2,24,32,33). The molecule has 0 fully saturated rings. The zero-order chi connectivity index (χ0) is 26.5. The Morgan fingerprint density at radius 1 is 1.19 bits per heavy atom. The maximum atomic E-state index is 14.9. The van der Waals surface area contributed by atoms with Gasteiger partial charge in [-0.2, -0.15) is 0 Å². The van der Waals surface area contributed by atoms with Crippen molar-refractivity contribution in [2.24, 2.45) is 5.14 Å².